The monoisotopic (exact) mass is 291 g/mol. The van der Waals surface area contributed by atoms with Crippen LogP contribution in [0.25, 0.3) is 16.6 Å². The van der Waals surface area contributed by atoms with Gasteiger partial charge >= 0.3 is 0 Å². The molecule has 0 aliphatic carbocycles. The van der Waals surface area contributed by atoms with Crippen molar-refractivity contribution in [2.24, 2.45) is 0 Å². The van der Waals surface area contributed by atoms with E-state index in [1.54, 1.807) is 28.8 Å². The molecule has 0 saturated carbocycles. The van der Waals surface area contributed by atoms with Gasteiger partial charge < -0.3 is 5.11 Å². The van der Waals surface area contributed by atoms with E-state index in [1.165, 1.54) is 0 Å². The summed E-state index contributed by atoms with van der Waals surface area (Å²) >= 11 is 12.4. The van der Waals surface area contributed by atoms with Gasteiger partial charge in [0.1, 0.15) is 0 Å². The normalized spacial score (nSPS) is 11.1. The van der Waals surface area contributed by atoms with E-state index in [0.29, 0.717) is 15.7 Å². The van der Waals surface area contributed by atoms with Crippen LogP contribution in [0.2, 0.25) is 10.0 Å². The molecular weight excluding hydrogens is 281 g/mol. The van der Waals surface area contributed by atoms with Crippen molar-refractivity contribution in [2.45, 2.75) is 6.92 Å². The van der Waals surface area contributed by atoms with Crippen LogP contribution in [0.3, 0.4) is 0 Å². The lowest BCUT2D eigenvalue weighted by Crippen LogP contribution is -1.95. The van der Waals surface area contributed by atoms with Crippen LogP contribution < -0.4 is 0 Å². The average Bonchev–Trinajstić information content (AvgIpc) is 2.65. The zero-order valence-corrected chi connectivity index (χ0v) is 11.7. The fourth-order valence-corrected chi connectivity index (χ4v) is 2.82. The van der Waals surface area contributed by atoms with Crippen molar-refractivity contribution < 1.29 is 5.11 Å². The molecule has 3 rings (SSSR count). The van der Waals surface area contributed by atoms with Gasteiger partial charge in [0.2, 0.25) is 0 Å². The summed E-state index contributed by atoms with van der Waals surface area (Å²) in [5, 5.41) is 12.1. The van der Waals surface area contributed by atoms with E-state index in [4.69, 9.17) is 23.2 Å². The van der Waals surface area contributed by atoms with Gasteiger partial charge in [0.15, 0.2) is 5.88 Å². The highest BCUT2D eigenvalue weighted by Gasteiger charge is 2.15. The summed E-state index contributed by atoms with van der Waals surface area (Å²) in [6, 6.07) is 12.9. The van der Waals surface area contributed by atoms with Gasteiger partial charge in [-0.15, -0.1) is 0 Å². The third kappa shape index (κ3) is 1.97. The van der Waals surface area contributed by atoms with Gasteiger partial charge in [0, 0.05) is 11.5 Å². The van der Waals surface area contributed by atoms with Gasteiger partial charge in [-0.3, -0.25) is 4.57 Å². The number of halogens is 2. The van der Waals surface area contributed by atoms with Crippen LogP contribution in [-0.2, 0) is 0 Å². The SMILES string of the molecule is Cc1ccc2c(c1)cc(O)n2-c1c(Cl)cccc1Cl. The molecule has 0 spiro atoms. The first-order chi connectivity index (χ1) is 9.08. The summed E-state index contributed by atoms with van der Waals surface area (Å²) in [7, 11) is 0. The standard InChI is InChI=1S/C15H11Cl2NO/c1-9-5-6-13-10(7-9)8-14(19)18(13)15-11(16)3-2-4-12(15)17/h2-8,19H,1H3. The van der Waals surface area contributed by atoms with Crippen LogP contribution in [-0.4, -0.2) is 9.67 Å². The molecule has 0 saturated heterocycles. The highest BCUT2D eigenvalue weighted by molar-refractivity contribution is 6.37. The van der Waals surface area contributed by atoms with Crippen molar-refractivity contribution in [3.63, 3.8) is 0 Å². The fraction of sp³-hybridized carbons (Fsp3) is 0.0667. The smallest absolute Gasteiger partial charge is 0.196 e. The summed E-state index contributed by atoms with van der Waals surface area (Å²) in [6.07, 6.45) is 0. The lowest BCUT2D eigenvalue weighted by molar-refractivity contribution is 0.445. The molecule has 1 aromatic heterocycles. The van der Waals surface area contributed by atoms with Gasteiger partial charge in [-0.05, 0) is 31.2 Å². The quantitative estimate of drug-likeness (QED) is 0.674. The zero-order valence-electron chi connectivity index (χ0n) is 10.2. The van der Waals surface area contributed by atoms with Gasteiger partial charge in [-0.2, -0.15) is 0 Å². The third-order valence-electron chi connectivity index (χ3n) is 3.10. The molecule has 1 heterocycles. The fourth-order valence-electron chi connectivity index (χ4n) is 2.26. The van der Waals surface area contributed by atoms with E-state index in [0.717, 1.165) is 16.5 Å². The van der Waals surface area contributed by atoms with E-state index in [1.807, 2.05) is 25.1 Å². The van der Waals surface area contributed by atoms with Crippen molar-refractivity contribution in [3.05, 3.63) is 58.1 Å². The van der Waals surface area contributed by atoms with E-state index in [2.05, 4.69) is 0 Å². The summed E-state index contributed by atoms with van der Waals surface area (Å²) in [5.41, 5.74) is 2.61. The first-order valence-corrected chi connectivity index (χ1v) is 6.59. The molecule has 0 bridgehead atoms. The Hall–Kier alpha value is -1.64. The number of rotatable bonds is 1. The van der Waals surface area contributed by atoms with Gasteiger partial charge in [0.25, 0.3) is 0 Å². The zero-order chi connectivity index (χ0) is 13.6. The molecule has 2 aromatic carbocycles. The molecule has 2 nitrogen and oxygen atoms in total. The number of para-hydroxylation sites is 1. The average molecular weight is 292 g/mol. The molecule has 0 radical (unpaired) electrons. The van der Waals surface area contributed by atoms with Crippen LogP contribution in [0, 0.1) is 6.92 Å². The molecule has 0 unspecified atom stereocenters. The first-order valence-electron chi connectivity index (χ1n) is 5.83. The van der Waals surface area contributed by atoms with Crippen molar-refractivity contribution >= 4 is 34.1 Å². The largest absolute Gasteiger partial charge is 0.494 e. The van der Waals surface area contributed by atoms with E-state index in [-0.39, 0.29) is 5.88 Å². The summed E-state index contributed by atoms with van der Waals surface area (Å²) in [4.78, 5) is 0. The number of hydrogen-bond acceptors (Lipinski definition) is 1. The van der Waals surface area contributed by atoms with Crippen molar-refractivity contribution in [1.29, 1.82) is 0 Å². The van der Waals surface area contributed by atoms with E-state index in [9.17, 15) is 5.11 Å². The molecule has 96 valence electrons. The summed E-state index contributed by atoms with van der Waals surface area (Å²) in [5.74, 6) is 0.121. The topological polar surface area (TPSA) is 25.2 Å². The Labute approximate surface area is 120 Å². The van der Waals surface area contributed by atoms with Crippen LogP contribution in [0.5, 0.6) is 5.88 Å². The molecule has 0 amide bonds. The maximum Gasteiger partial charge on any atom is 0.196 e. The number of hydrogen-bond donors (Lipinski definition) is 1. The van der Waals surface area contributed by atoms with E-state index < -0.39 is 0 Å². The Morgan fingerprint density at radius 1 is 1.00 bits per heavy atom. The highest BCUT2D eigenvalue weighted by Crippen LogP contribution is 2.36. The maximum absolute atomic E-state index is 10.2. The Morgan fingerprint density at radius 2 is 1.68 bits per heavy atom. The number of aryl methyl sites for hydroxylation is 1. The molecule has 19 heavy (non-hydrogen) atoms. The lowest BCUT2D eigenvalue weighted by atomic mass is 10.2. The number of benzene rings is 2. The molecular formula is C15H11Cl2NO. The summed E-state index contributed by atoms with van der Waals surface area (Å²) < 4.78 is 1.67. The molecule has 0 atom stereocenters. The number of aromatic nitrogens is 1. The Bertz CT molecular complexity index is 757. The highest BCUT2D eigenvalue weighted by atomic mass is 35.5. The minimum absolute atomic E-state index is 0.121. The van der Waals surface area contributed by atoms with Crippen LogP contribution in [0.1, 0.15) is 5.56 Å². The summed E-state index contributed by atoms with van der Waals surface area (Å²) in [6.45, 7) is 2.01. The molecule has 3 aromatic rings. The second-order valence-electron chi connectivity index (χ2n) is 4.47. The first kappa shape index (κ1) is 12.4. The molecule has 0 fully saturated rings. The second-order valence-corrected chi connectivity index (χ2v) is 5.28. The number of nitrogens with zero attached hydrogens (tertiary/aromatic N) is 1. The molecule has 0 aliphatic heterocycles. The Kier molecular flexibility index (Phi) is 2.92. The molecule has 0 aliphatic rings. The van der Waals surface area contributed by atoms with Crippen LogP contribution in [0.4, 0.5) is 0 Å². The predicted octanol–water partition coefficient (Wildman–Crippen LogP) is 4.95. The van der Waals surface area contributed by atoms with Crippen molar-refractivity contribution in [3.8, 4) is 11.6 Å². The number of fused-ring (bicyclic) bond motifs is 1. The van der Waals surface area contributed by atoms with Gasteiger partial charge in [0.05, 0.1) is 21.2 Å². The molecule has 1 N–H and O–H groups in total. The second kappa shape index (κ2) is 4.48. The predicted molar refractivity (Wildman–Crippen MR) is 79.7 cm³/mol. The van der Waals surface area contributed by atoms with Crippen molar-refractivity contribution in [1.82, 2.24) is 4.57 Å². The minimum Gasteiger partial charge on any atom is -0.494 e. The Morgan fingerprint density at radius 3 is 2.37 bits per heavy atom. The van der Waals surface area contributed by atoms with Crippen molar-refractivity contribution in [2.75, 3.05) is 0 Å². The van der Waals surface area contributed by atoms with Gasteiger partial charge in [-0.25, -0.2) is 0 Å². The maximum atomic E-state index is 10.2. The number of aromatic hydroxyl groups is 1. The van der Waals surface area contributed by atoms with Crippen LogP contribution in [0.15, 0.2) is 42.5 Å². The lowest BCUT2D eigenvalue weighted by Gasteiger charge is -2.11. The third-order valence-corrected chi connectivity index (χ3v) is 3.71. The van der Waals surface area contributed by atoms with Gasteiger partial charge in [-0.1, -0.05) is 40.9 Å². The molecule has 4 heteroatoms. The minimum atomic E-state index is 0.121. The van der Waals surface area contributed by atoms with Crippen LogP contribution >= 0.6 is 23.2 Å². The Balaban J connectivity index is 2.40. The van der Waals surface area contributed by atoms with E-state index >= 15 is 0 Å².